The smallest absolute Gasteiger partial charge is 0.0897 e. The van der Waals surface area contributed by atoms with Gasteiger partial charge in [-0.2, -0.15) is 11.8 Å². The molecule has 5 unspecified atom stereocenters. The molecule has 0 heterocycles. The molecule has 2 rings (SSSR count). The third kappa shape index (κ3) is 6.09. The SMILES string of the molecule is CSC1CCCCC1NCC(O)COC1CCCC(C)C1. The first-order valence-electron chi connectivity index (χ1n) is 8.75. The zero-order chi connectivity index (χ0) is 15.1. The molecule has 3 nitrogen and oxygen atoms in total. The van der Waals surface area contributed by atoms with E-state index in [1.807, 2.05) is 11.8 Å². The minimum atomic E-state index is -0.369. The van der Waals surface area contributed by atoms with Gasteiger partial charge in [0.15, 0.2) is 0 Å². The van der Waals surface area contributed by atoms with Crippen LogP contribution < -0.4 is 5.32 Å². The first kappa shape index (κ1) is 17.6. The van der Waals surface area contributed by atoms with Gasteiger partial charge in [-0.3, -0.25) is 0 Å². The normalized spacial score (nSPS) is 35.6. The molecule has 0 aromatic rings. The third-order valence-electron chi connectivity index (χ3n) is 5.03. The summed E-state index contributed by atoms with van der Waals surface area (Å²) in [6.45, 7) is 3.46. The largest absolute Gasteiger partial charge is 0.389 e. The van der Waals surface area contributed by atoms with Crippen molar-refractivity contribution in [1.29, 1.82) is 0 Å². The Kier molecular flexibility index (Phi) is 7.86. The maximum atomic E-state index is 10.1. The van der Waals surface area contributed by atoms with E-state index in [1.165, 1.54) is 44.9 Å². The van der Waals surface area contributed by atoms with E-state index in [1.54, 1.807) is 0 Å². The number of nitrogens with one attached hydrogen (secondary N) is 1. The van der Waals surface area contributed by atoms with Crippen LogP contribution in [0.1, 0.15) is 58.3 Å². The van der Waals surface area contributed by atoms with E-state index in [0.29, 0.717) is 30.5 Å². The fourth-order valence-corrected chi connectivity index (χ4v) is 4.70. The average Bonchev–Trinajstić information content (AvgIpc) is 2.51. The van der Waals surface area contributed by atoms with Gasteiger partial charge in [0.1, 0.15) is 0 Å². The molecule has 0 spiro atoms. The summed E-state index contributed by atoms with van der Waals surface area (Å²) in [7, 11) is 0. The molecule has 2 N–H and O–H groups in total. The molecule has 2 aliphatic rings. The third-order valence-corrected chi connectivity index (χ3v) is 6.20. The zero-order valence-electron chi connectivity index (χ0n) is 13.7. The van der Waals surface area contributed by atoms with E-state index in [-0.39, 0.29) is 6.10 Å². The van der Waals surface area contributed by atoms with Gasteiger partial charge < -0.3 is 15.2 Å². The van der Waals surface area contributed by atoms with Crippen molar-refractivity contribution < 1.29 is 9.84 Å². The molecule has 0 radical (unpaired) electrons. The fourth-order valence-electron chi connectivity index (χ4n) is 3.74. The van der Waals surface area contributed by atoms with Crippen molar-refractivity contribution in [2.75, 3.05) is 19.4 Å². The van der Waals surface area contributed by atoms with E-state index in [0.717, 1.165) is 12.3 Å². The van der Waals surface area contributed by atoms with Crippen molar-refractivity contribution >= 4 is 11.8 Å². The van der Waals surface area contributed by atoms with Crippen LogP contribution in [0.2, 0.25) is 0 Å². The number of rotatable bonds is 7. The van der Waals surface area contributed by atoms with Crippen LogP contribution >= 0.6 is 11.8 Å². The van der Waals surface area contributed by atoms with Crippen molar-refractivity contribution in [2.45, 2.75) is 81.8 Å². The zero-order valence-corrected chi connectivity index (χ0v) is 14.5. The van der Waals surface area contributed by atoms with Gasteiger partial charge in [0, 0.05) is 17.8 Å². The number of hydrogen-bond donors (Lipinski definition) is 2. The monoisotopic (exact) mass is 315 g/mol. The average molecular weight is 316 g/mol. The highest BCUT2D eigenvalue weighted by atomic mass is 32.2. The summed E-state index contributed by atoms with van der Waals surface area (Å²) in [5.41, 5.74) is 0. The van der Waals surface area contributed by atoms with E-state index < -0.39 is 0 Å². The van der Waals surface area contributed by atoms with E-state index in [4.69, 9.17) is 4.74 Å². The van der Waals surface area contributed by atoms with Crippen LogP contribution in [0.5, 0.6) is 0 Å². The van der Waals surface area contributed by atoms with Crippen molar-refractivity contribution in [3.8, 4) is 0 Å². The van der Waals surface area contributed by atoms with Gasteiger partial charge in [0.2, 0.25) is 0 Å². The predicted octanol–water partition coefficient (Wildman–Crippen LogP) is 3.21. The van der Waals surface area contributed by atoms with Gasteiger partial charge in [-0.1, -0.05) is 32.6 Å². The van der Waals surface area contributed by atoms with Crippen LogP contribution in [0.4, 0.5) is 0 Å². The summed E-state index contributed by atoms with van der Waals surface area (Å²) in [5.74, 6) is 0.781. The van der Waals surface area contributed by atoms with Crippen LogP contribution in [0.15, 0.2) is 0 Å². The quantitative estimate of drug-likeness (QED) is 0.757. The van der Waals surface area contributed by atoms with Crippen molar-refractivity contribution in [2.24, 2.45) is 5.92 Å². The topological polar surface area (TPSA) is 41.5 Å². The molecule has 2 aliphatic carbocycles. The van der Waals surface area contributed by atoms with Gasteiger partial charge >= 0.3 is 0 Å². The number of aliphatic hydroxyl groups is 1. The fraction of sp³-hybridized carbons (Fsp3) is 1.00. The first-order valence-corrected chi connectivity index (χ1v) is 10.0. The van der Waals surface area contributed by atoms with Crippen molar-refractivity contribution in [3.05, 3.63) is 0 Å². The molecule has 4 heteroatoms. The van der Waals surface area contributed by atoms with Crippen LogP contribution in [-0.4, -0.2) is 48.0 Å². The summed E-state index contributed by atoms with van der Waals surface area (Å²) < 4.78 is 5.91. The lowest BCUT2D eigenvalue weighted by molar-refractivity contribution is -0.0313. The molecule has 0 bridgehead atoms. The second-order valence-electron chi connectivity index (χ2n) is 6.95. The van der Waals surface area contributed by atoms with Gasteiger partial charge in [-0.25, -0.2) is 0 Å². The maximum absolute atomic E-state index is 10.1. The van der Waals surface area contributed by atoms with E-state index in [2.05, 4.69) is 18.5 Å². The molecule has 2 saturated carbocycles. The van der Waals surface area contributed by atoms with Crippen LogP contribution in [0, 0.1) is 5.92 Å². The Labute approximate surface area is 134 Å². The highest BCUT2D eigenvalue weighted by molar-refractivity contribution is 7.99. The molecule has 0 aliphatic heterocycles. The van der Waals surface area contributed by atoms with Gasteiger partial charge in [0.05, 0.1) is 18.8 Å². The Morgan fingerprint density at radius 1 is 1.19 bits per heavy atom. The molecule has 5 atom stereocenters. The Hall–Kier alpha value is 0.230. The van der Waals surface area contributed by atoms with E-state index >= 15 is 0 Å². The lowest BCUT2D eigenvalue weighted by Crippen LogP contribution is -2.44. The molecular weight excluding hydrogens is 282 g/mol. The first-order chi connectivity index (χ1) is 10.2. The molecule has 2 fully saturated rings. The summed E-state index contributed by atoms with van der Waals surface area (Å²) >= 11 is 1.97. The van der Waals surface area contributed by atoms with Crippen LogP contribution in [0.25, 0.3) is 0 Å². The Balaban J connectivity index is 1.61. The molecule has 124 valence electrons. The summed E-state index contributed by atoms with van der Waals surface area (Å²) in [5, 5.41) is 14.4. The summed E-state index contributed by atoms with van der Waals surface area (Å²) in [4.78, 5) is 0. The summed E-state index contributed by atoms with van der Waals surface area (Å²) in [6.07, 6.45) is 12.4. The van der Waals surface area contributed by atoms with Crippen molar-refractivity contribution in [1.82, 2.24) is 5.32 Å². The van der Waals surface area contributed by atoms with E-state index in [9.17, 15) is 5.11 Å². The number of hydrogen-bond acceptors (Lipinski definition) is 4. The molecule has 0 aromatic carbocycles. The van der Waals surface area contributed by atoms with Crippen LogP contribution in [0.3, 0.4) is 0 Å². The van der Waals surface area contributed by atoms with Gasteiger partial charge in [0.25, 0.3) is 0 Å². The summed E-state index contributed by atoms with van der Waals surface area (Å²) in [6, 6.07) is 0.568. The van der Waals surface area contributed by atoms with Crippen LogP contribution in [-0.2, 0) is 4.74 Å². The second kappa shape index (κ2) is 9.39. The lowest BCUT2D eigenvalue weighted by atomic mass is 9.89. The number of aliphatic hydroxyl groups excluding tert-OH is 1. The Bertz CT molecular complexity index is 290. The molecule has 0 amide bonds. The minimum absolute atomic E-state index is 0.369. The second-order valence-corrected chi connectivity index (χ2v) is 8.03. The number of thioether (sulfide) groups is 1. The standard InChI is InChI=1S/C17H33NO2S/c1-13-6-5-7-15(10-13)20-12-14(19)11-18-16-8-3-4-9-17(16)21-2/h13-19H,3-12H2,1-2H3. The highest BCUT2D eigenvalue weighted by Crippen LogP contribution is 2.27. The minimum Gasteiger partial charge on any atom is -0.389 e. The molecular formula is C17H33NO2S. The Morgan fingerprint density at radius 2 is 2.00 bits per heavy atom. The lowest BCUT2D eigenvalue weighted by Gasteiger charge is -2.32. The maximum Gasteiger partial charge on any atom is 0.0897 e. The van der Waals surface area contributed by atoms with Gasteiger partial charge in [-0.15, -0.1) is 0 Å². The van der Waals surface area contributed by atoms with Gasteiger partial charge in [-0.05, 0) is 37.9 Å². The Morgan fingerprint density at radius 3 is 2.76 bits per heavy atom. The molecule has 0 saturated heterocycles. The highest BCUT2D eigenvalue weighted by Gasteiger charge is 2.25. The molecule has 0 aromatic heterocycles. The number of ether oxygens (including phenoxy) is 1. The van der Waals surface area contributed by atoms with Crippen molar-refractivity contribution in [3.63, 3.8) is 0 Å². The molecule has 21 heavy (non-hydrogen) atoms. The predicted molar refractivity (Wildman–Crippen MR) is 90.9 cm³/mol.